The Morgan fingerprint density at radius 2 is 1.27 bits per heavy atom. The summed E-state index contributed by atoms with van der Waals surface area (Å²) in [7, 11) is 0. The summed E-state index contributed by atoms with van der Waals surface area (Å²) in [6.07, 6.45) is 0. The summed E-state index contributed by atoms with van der Waals surface area (Å²) in [5, 5.41) is 5.51. The van der Waals surface area contributed by atoms with Crippen LogP contribution in [0.15, 0.2) is 77.3 Å². The first-order chi connectivity index (χ1) is 12.5. The number of benzene rings is 3. The van der Waals surface area contributed by atoms with Crippen molar-refractivity contribution in [3.8, 4) is 0 Å². The zero-order chi connectivity index (χ0) is 18.5. The summed E-state index contributed by atoms with van der Waals surface area (Å²) >= 11 is 3.34. The van der Waals surface area contributed by atoms with Crippen LogP contribution in [0.4, 0.5) is 15.8 Å². The van der Waals surface area contributed by atoms with Gasteiger partial charge in [0.15, 0.2) is 0 Å². The van der Waals surface area contributed by atoms with Gasteiger partial charge in [0, 0.05) is 21.4 Å². The molecule has 0 heterocycles. The molecule has 0 aliphatic heterocycles. The summed E-state index contributed by atoms with van der Waals surface area (Å²) in [5.41, 5.74) is 2.06. The summed E-state index contributed by atoms with van der Waals surface area (Å²) in [6.45, 7) is 0. The minimum absolute atomic E-state index is 0.236. The quantitative estimate of drug-likeness (QED) is 0.626. The van der Waals surface area contributed by atoms with Gasteiger partial charge in [0.1, 0.15) is 5.82 Å². The molecule has 6 heteroatoms. The molecule has 0 unspecified atom stereocenters. The van der Waals surface area contributed by atoms with E-state index in [0.717, 1.165) is 0 Å². The molecule has 0 radical (unpaired) electrons. The van der Waals surface area contributed by atoms with Crippen LogP contribution >= 0.6 is 15.9 Å². The molecule has 0 saturated heterocycles. The fourth-order valence-corrected chi connectivity index (χ4v) is 2.75. The lowest BCUT2D eigenvalue weighted by molar-refractivity contribution is 0.101. The number of hydrogen-bond donors (Lipinski definition) is 2. The van der Waals surface area contributed by atoms with E-state index in [0.29, 0.717) is 27.0 Å². The third-order valence-electron chi connectivity index (χ3n) is 3.63. The van der Waals surface area contributed by atoms with Crippen LogP contribution in [0.2, 0.25) is 0 Å². The molecule has 26 heavy (non-hydrogen) atoms. The molecule has 130 valence electrons. The SMILES string of the molecule is O=C(Nc1ccc(NC(=O)c2ccccc2Br)cc1)c1ccc(F)cc1. The molecule has 0 fully saturated rings. The third-order valence-corrected chi connectivity index (χ3v) is 4.32. The van der Waals surface area contributed by atoms with Crippen LogP contribution in [0.3, 0.4) is 0 Å². The van der Waals surface area contributed by atoms with Crippen LogP contribution < -0.4 is 10.6 Å². The predicted octanol–water partition coefficient (Wildman–Crippen LogP) is 5.09. The van der Waals surface area contributed by atoms with Crippen LogP contribution in [0.5, 0.6) is 0 Å². The van der Waals surface area contributed by atoms with Gasteiger partial charge < -0.3 is 10.6 Å². The fraction of sp³-hybridized carbons (Fsp3) is 0. The Morgan fingerprint density at radius 3 is 1.85 bits per heavy atom. The number of hydrogen-bond acceptors (Lipinski definition) is 2. The van der Waals surface area contributed by atoms with Gasteiger partial charge >= 0.3 is 0 Å². The van der Waals surface area contributed by atoms with Gasteiger partial charge in [-0.25, -0.2) is 4.39 Å². The van der Waals surface area contributed by atoms with Crippen molar-refractivity contribution in [2.75, 3.05) is 10.6 Å². The van der Waals surface area contributed by atoms with Crippen molar-refractivity contribution >= 4 is 39.1 Å². The Labute approximate surface area is 158 Å². The first-order valence-corrected chi connectivity index (χ1v) is 8.55. The van der Waals surface area contributed by atoms with E-state index in [-0.39, 0.29) is 11.8 Å². The van der Waals surface area contributed by atoms with Gasteiger partial charge in [-0.05, 0) is 76.6 Å². The molecule has 2 amide bonds. The second-order valence-corrected chi connectivity index (χ2v) is 6.33. The molecule has 4 nitrogen and oxygen atoms in total. The van der Waals surface area contributed by atoms with Gasteiger partial charge in [-0.2, -0.15) is 0 Å². The fourth-order valence-electron chi connectivity index (χ4n) is 2.29. The average molecular weight is 413 g/mol. The van der Waals surface area contributed by atoms with E-state index in [1.165, 1.54) is 24.3 Å². The van der Waals surface area contributed by atoms with E-state index < -0.39 is 5.82 Å². The maximum atomic E-state index is 12.9. The van der Waals surface area contributed by atoms with Crippen molar-refractivity contribution in [2.45, 2.75) is 0 Å². The smallest absolute Gasteiger partial charge is 0.256 e. The van der Waals surface area contributed by atoms with Gasteiger partial charge in [-0.3, -0.25) is 9.59 Å². The molecular weight excluding hydrogens is 399 g/mol. The van der Waals surface area contributed by atoms with Gasteiger partial charge in [-0.1, -0.05) is 12.1 Å². The molecule has 0 spiro atoms. The Balaban J connectivity index is 1.65. The van der Waals surface area contributed by atoms with Gasteiger partial charge in [0.05, 0.1) is 5.56 Å². The van der Waals surface area contributed by atoms with E-state index in [4.69, 9.17) is 0 Å². The summed E-state index contributed by atoms with van der Waals surface area (Å²) in [4.78, 5) is 24.4. The predicted molar refractivity (Wildman–Crippen MR) is 103 cm³/mol. The molecule has 3 rings (SSSR count). The number of carbonyl (C=O) groups is 2. The Hall–Kier alpha value is -2.99. The minimum atomic E-state index is -0.397. The van der Waals surface area contributed by atoms with E-state index in [9.17, 15) is 14.0 Å². The first kappa shape index (κ1) is 17.8. The van der Waals surface area contributed by atoms with Crippen LogP contribution in [0, 0.1) is 5.82 Å². The lowest BCUT2D eigenvalue weighted by Crippen LogP contribution is -2.13. The Bertz CT molecular complexity index is 941. The minimum Gasteiger partial charge on any atom is -0.322 e. The molecule has 0 saturated carbocycles. The van der Waals surface area contributed by atoms with Crippen LogP contribution in [0.25, 0.3) is 0 Å². The highest BCUT2D eigenvalue weighted by Crippen LogP contribution is 2.19. The van der Waals surface area contributed by atoms with Crippen molar-refractivity contribution < 1.29 is 14.0 Å². The molecular formula is C20H14BrFN2O2. The lowest BCUT2D eigenvalue weighted by Gasteiger charge is -2.09. The normalized spacial score (nSPS) is 10.2. The van der Waals surface area contributed by atoms with Crippen molar-refractivity contribution in [3.05, 3.63) is 94.2 Å². The molecule has 0 atom stereocenters. The molecule has 0 aromatic heterocycles. The number of halogens is 2. The van der Waals surface area contributed by atoms with Crippen LogP contribution in [-0.2, 0) is 0 Å². The molecule has 3 aromatic rings. The first-order valence-electron chi connectivity index (χ1n) is 7.76. The highest BCUT2D eigenvalue weighted by atomic mass is 79.9. The summed E-state index contributed by atoms with van der Waals surface area (Å²) in [6, 6.07) is 19.2. The van der Waals surface area contributed by atoms with Crippen LogP contribution in [-0.4, -0.2) is 11.8 Å². The van der Waals surface area contributed by atoms with Crippen molar-refractivity contribution in [1.82, 2.24) is 0 Å². The Morgan fingerprint density at radius 1 is 0.731 bits per heavy atom. The van der Waals surface area contributed by atoms with Gasteiger partial charge in [0.25, 0.3) is 11.8 Å². The van der Waals surface area contributed by atoms with E-state index >= 15 is 0 Å². The Kier molecular flexibility index (Phi) is 5.43. The van der Waals surface area contributed by atoms with Gasteiger partial charge in [0.2, 0.25) is 0 Å². The number of nitrogens with one attached hydrogen (secondary N) is 2. The van der Waals surface area contributed by atoms with Crippen LogP contribution in [0.1, 0.15) is 20.7 Å². The van der Waals surface area contributed by atoms with E-state index in [1.807, 2.05) is 6.07 Å². The summed E-state index contributed by atoms with van der Waals surface area (Å²) < 4.78 is 13.6. The topological polar surface area (TPSA) is 58.2 Å². The second kappa shape index (κ2) is 7.93. The zero-order valence-corrected chi connectivity index (χ0v) is 15.1. The molecule has 2 N–H and O–H groups in total. The number of rotatable bonds is 4. The summed E-state index contributed by atoms with van der Waals surface area (Å²) in [5.74, 6) is -0.970. The third kappa shape index (κ3) is 4.34. The van der Waals surface area contributed by atoms with Gasteiger partial charge in [-0.15, -0.1) is 0 Å². The molecule has 0 aliphatic carbocycles. The molecule has 0 bridgehead atoms. The standard InChI is InChI=1S/C20H14BrFN2O2/c21-18-4-2-1-3-17(18)20(26)24-16-11-9-15(10-12-16)23-19(25)13-5-7-14(22)8-6-13/h1-12H,(H,23,25)(H,24,26). The zero-order valence-electron chi connectivity index (χ0n) is 13.5. The maximum Gasteiger partial charge on any atom is 0.256 e. The largest absolute Gasteiger partial charge is 0.322 e. The second-order valence-electron chi connectivity index (χ2n) is 5.47. The highest BCUT2D eigenvalue weighted by Gasteiger charge is 2.10. The lowest BCUT2D eigenvalue weighted by atomic mass is 10.2. The average Bonchev–Trinajstić information content (AvgIpc) is 2.64. The number of amides is 2. The van der Waals surface area contributed by atoms with Crippen molar-refractivity contribution in [2.24, 2.45) is 0 Å². The van der Waals surface area contributed by atoms with Crippen molar-refractivity contribution in [1.29, 1.82) is 0 Å². The number of anilines is 2. The highest BCUT2D eigenvalue weighted by molar-refractivity contribution is 9.10. The van der Waals surface area contributed by atoms with E-state index in [2.05, 4.69) is 26.6 Å². The molecule has 0 aliphatic rings. The maximum absolute atomic E-state index is 12.9. The van der Waals surface area contributed by atoms with Crippen molar-refractivity contribution in [3.63, 3.8) is 0 Å². The molecule has 3 aromatic carbocycles. The monoisotopic (exact) mass is 412 g/mol. The number of carbonyl (C=O) groups excluding carboxylic acids is 2. The van der Waals surface area contributed by atoms with E-state index in [1.54, 1.807) is 42.5 Å².